The molecule has 1 heterocycles. The predicted molar refractivity (Wildman–Crippen MR) is 80.4 cm³/mol. The van der Waals surface area contributed by atoms with Crippen LogP contribution in [0, 0.1) is 23.5 Å². The topological polar surface area (TPSA) is 41.1 Å². The van der Waals surface area contributed by atoms with Crippen molar-refractivity contribution < 1.29 is 13.6 Å². The van der Waals surface area contributed by atoms with E-state index in [1.807, 2.05) is 0 Å². The predicted octanol–water partition coefficient (Wildman–Crippen LogP) is 2.57. The van der Waals surface area contributed by atoms with Gasteiger partial charge in [0.15, 0.2) is 11.6 Å². The third-order valence-electron chi connectivity index (χ3n) is 4.75. The summed E-state index contributed by atoms with van der Waals surface area (Å²) >= 11 is 0. The zero-order chi connectivity index (χ0) is 15.5. The summed E-state index contributed by atoms with van der Waals surface area (Å²) in [6.07, 6.45) is 4.16. The second kappa shape index (κ2) is 6.73. The molecule has 0 bridgehead atoms. The molecule has 120 valence electrons. The molecule has 2 N–H and O–H groups in total. The maximum atomic E-state index is 13.2. The highest BCUT2D eigenvalue weighted by atomic mass is 19.2. The maximum Gasteiger partial charge on any atom is 0.223 e. The van der Waals surface area contributed by atoms with Crippen LogP contribution in [0.4, 0.5) is 8.78 Å². The lowest BCUT2D eigenvalue weighted by molar-refractivity contribution is -0.122. The number of hydrogen-bond acceptors (Lipinski definition) is 2. The van der Waals surface area contributed by atoms with Crippen LogP contribution < -0.4 is 10.6 Å². The van der Waals surface area contributed by atoms with Crippen LogP contribution in [0.5, 0.6) is 0 Å². The zero-order valence-electron chi connectivity index (χ0n) is 12.6. The van der Waals surface area contributed by atoms with Crippen molar-refractivity contribution in [2.45, 2.75) is 31.6 Å². The molecule has 3 atom stereocenters. The number of hydrogen-bond donors (Lipinski definition) is 2. The molecule has 1 amide bonds. The molecule has 22 heavy (non-hydrogen) atoms. The van der Waals surface area contributed by atoms with Gasteiger partial charge in [0.2, 0.25) is 5.91 Å². The van der Waals surface area contributed by atoms with Gasteiger partial charge in [0, 0.05) is 12.5 Å². The van der Waals surface area contributed by atoms with Crippen LogP contribution in [-0.4, -0.2) is 25.5 Å². The molecule has 2 aliphatic rings. The summed E-state index contributed by atoms with van der Waals surface area (Å²) < 4.78 is 26.1. The Morgan fingerprint density at radius 1 is 1.32 bits per heavy atom. The molecule has 0 aromatic heterocycles. The number of rotatable bonds is 5. The third kappa shape index (κ3) is 3.64. The van der Waals surface area contributed by atoms with Crippen LogP contribution in [0.1, 0.15) is 37.2 Å². The molecule has 5 heteroatoms. The van der Waals surface area contributed by atoms with Gasteiger partial charge >= 0.3 is 0 Å². The average molecular weight is 308 g/mol. The first-order valence-electron chi connectivity index (χ1n) is 8.08. The lowest BCUT2D eigenvalue weighted by Gasteiger charge is -2.22. The number of carbonyl (C=O) groups excluding carboxylic acids is 1. The van der Waals surface area contributed by atoms with Crippen molar-refractivity contribution in [1.82, 2.24) is 10.6 Å². The van der Waals surface area contributed by atoms with E-state index < -0.39 is 11.6 Å². The van der Waals surface area contributed by atoms with Crippen molar-refractivity contribution in [3.63, 3.8) is 0 Å². The van der Waals surface area contributed by atoms with E-state index in [0.29, 0.717) is 12.5 Å². The highest BCUT2D eigenvalue weighted by Crippen LogP contribution is 2.47. The average Bonchev–Trinajstić information content (AvgIpc) is 3.32. The second-order valence-electron chi connectivity index (χ2n) is 6.41. The molecule has 3 nitrogen and oxygen atoms in total. The fourth-order valence-electron chi connectivity index (χ4n) is 3.30. The lowest BCUT2D eigenvalue weighted by Crippen LogP contribution is -2.33. The molecule has 0 radical (unpaired) electrons. The SMILES string of the molecule is O=C(NCCC1CCCNC1)C1CC1c1ccc(F)c(F)c1. The van der Waals surface area contributed by atoms with E-state index in [9.17, 15) is 13.6 Å². The molecule has 1 aromatic rings. The van der Waals surface area contributed by atoms with Gasteiger partial charge in [-0.3, -0.25) is 4.79 Å². The first kappa shape index (κ1) is 15.4. The number of carbonyl (C=O) groups is 1. The highest BCUT2D eigenvalue weighted by Gasteiger charge is 2.44. The number of piperidine rings is 1. The molecule has 3 rings (SSSR count). The minimum atomic E-state index is -0.841. The summed E-state index contributed by atoms with van der Waals surface area (Å²) in [5.41, 5.74) is 0.718. The molecule has 1 saturated carbocycles. The zero-order valence-corrected chi connectivity index (χ0v) is 12.6. The van der Waals surface area contributed by atoms with Gasteiger partial charge in [0.1, 0.15) is 0 Å². The van der Waals surface area contributed by atoms with Crippen molar-refractivity contribution in [3.8, 4) is 0 Å². The Labute approximate surface area is 129 Å². The smallest absolute Gasteiger partial charge is 0.223 e. The van der Waals surface area contributed by atoms with Crippen molar-refractivity contribution in [3.05, 3.63) is 35.4 Å². The maximum absolute atomic E-state index is 13.2. The normalized spacial score (nSPS) is 27.5. The Bertz CT molecular complexity index is 543. The van der Waals surface area contributed by atoms with Gasteiger partial charge in [-0.25, -0.2) is 8.78 Å². The second-order valence-corrected chi connectivity index (χ2v) is 6.41. The Morgan fingerprint density at radius 2 is 2.18 bits per heavy atom. The van der Waals surface area contributed by atoms with Crippen molar-refractivity contribution >= 4 is 5.91 Å². The van der Waals surface area contributed by atoms with Gasteiger partial charge in [-0.2, -0.15) is 0 Å². The standard InChI is InChI=1S/C17H22F2N2O/c18-15-4-3-12(8-16(15)19)13-9-14(13)17(22)21-7-5-11-2-1-6-20-10-11/h3-4,8,11,13-14,20H,1-2,5-7,9-10H2,(H,21,22). The van der Waals surface area contributed by atoms with E-state index in [1.54, 1.807) is 6.07 Å². The molecule has 0 spiro atoms. The Kier molecular flexibility index (Phi) is 4.71. The summed E-state index contributed by atoms with van der Waals surface area (Å²) in [7, 11) is 0. The first-order valence-corrected chi connectivity index (χ1v) is 8.08. The van der Waals surface area contributed by atoms with Crippen LogP contribution in [0.25, 0.3) is 0 Å². The van der Waals surface area contributed by atoms with E-state index >= 15 is 0 Å². The monoisotopic (exact) mass is 308 g/mol. The van der Waals surface area contributed by atoms with E-state index in [2.05, 4.69) is 10.6 Å². The van der Waals surface area contributed by atoms with Gasteiger partial charge in [-0.05, 0) is 68.3 Å². The van der Waals surface area contributed by atoms with E-state index in [1.165, 1.54) is 18.9 Å². The first-order chi connectivity index (χ1) is 10.6. The Morgan fingerprint density at radius 3 is 2.91 bits per heavy atom. The van der Waals surface area contributed by atoms with Gasteiger partial charge in [-0.15, -0.1) is 0 Å². The van der Waals surface area contributed by atoms with Crippen LogP contribution in [0.3, 0.4) is 0 Å². The molecular weight excluding hydrogens is 286 g/mol. The molecule has 1 aromatic carbocycles. The number of benzene rings is 1. The number of halogens is 2. The summed E-state index contributed by atoms with van der Waals surface area (Å²) in [6, 6.07) is 3.92. The van der Waals surface area contributed by atoms with E-state index in [4.69, 9.17) is 0 Å². The van der Waals surface area contributed by atoms with Gasteiger partial charge in [0.05, 0.1) is 0 Å². The quantitative estimate of drug-likeness (QED) is 0.878. The fourth-order valence-corrected chi connectivity index (χ4v) is 3.30. The van der Waals surface area contributed by atoms with Crippen LogP contribution in [0.2, 0.25) is 0 Å². The highest BCUT2D eigenvalue weighted by molar-refractivity contribution is 5.82. The minimum absolute atomic E-state index is 0.0337. The van der Waals surface area contributed by atoms with Gasteiger partial charge in [-0.1, -0.05) is 6.07 Å². The van der Waals surface area contributed by atoms with Crippen LogP contribution in [-0.2, 0) is 4.79 Å². The van der Waals surface area contributed by atoms with Crippen molar-refractivity contribution in [2.24, 2.45) is 11.8 Å². The van der Waals surface area contributed by atoms with Crippen LogP contribution >= 0.6 is 0 Å². The number of nitrogens with one attached hydrogen (secondary N) is 2. The van der Waals surface area contributed by atoms with Gasteiger partial charge in [0.25, 0.3) is 0 Å². The molecular formula is C17H22F2N2O. The van der Waals surface area contributed by atoms with Crippen molar-refractivity contribution in [1.29, 1.82) is 0 Å². The molecule has 1 saturated heterocycles. The van der Waals surface area contributed by atoms with E-state index in [-0.39, 0.29) is 17.7 Å². The molecule has 3 unspecified atom stereocenters. The molecule has 1 aliphatic heterocycles. The molecule has 2 fully saturated rings. The molecule has 1 aliphatic carbocycles. The summed E-state index contributed by atoms with van der Waals surface area (Å²) in [5, 5.41) is 6.35. The number of amides is 1. The minimum Gasteiger partial charge on any atom is -0.356 e. The van der Waals surface area contributed by atoms with Gasteiger partial charge < -0.3 is 10.6 Å². The summed E-state index contributed by atoms with van der Waals surface area (Å²) in [6.45, 7) is 2.84. The fraction of sp³-hybridized carbons (Fsp3) is 0.588. The van der Waals surface area contributed by atoms with Crippen LogP contribution in [0.15, 0.2) is 18.2 Å². The third-order valence-corrected chi connectivity index (χ3v) is 4.75. The Balaban J connectivity index is 1.43. The Hall–Kier alpha value is -1.49. The summed E-state index contributed by atoms with van der Waals surface area (Å²) in [4.78, 5) is 12.1. The largest absolute Gasteiger partial charge is 0.356 e. The van der Waals surface area contributed by atoms with E-state index in [0.717, 1.165) is 37.6 Å². The lowest BCUT2D eigenvalue weighted by atomic mass is 9.96. The summed E-state index contributed by atoms with van der Waals surface area (Å²) in [5.74, 6) is -1.05. The van der Waals surface area contributed by atoms with Crippen molar-refractivity contribution in [2.75, 3.05) is 19.6 Å².